The van der Waals surface area contributed by atoms with Crippen LogP contribution in [0.15, 0.2) is 35.4 Å². The normalized spacial score (nSPS) is 18.8. The number of allylic oxidation sites excluding steroid dienone is 3. The van der Waals surface area contributed by atoms with Gasteiger partial charge in [0.25, 0.3) is 0 Å². The van der Waals surface area contributed by atoms with Crippen LogP contribution in [0, 0.1) is 0 Å². The summed E-state index contributed by atoms with van der Waals surface area (Å²) >= 11 is 0. The van der Waals surface area contributed by atoms with Gasteiger partial charge in [-0.15, -0.1) is 0 Å². The molecule has 0 radical (unpaired) electrons. The standard InChI is InChI=1S/C25H36O/c1-7-8-9-10-15-24(3,4)19-12-13-20-21-16-18(2)11-14-22(21)25(5,6)26-23(20)17-19/h11-13,17H,7-10,14-16H2,1-6H3. The van der Waals surface area contributed by atoms with Crippen molar-refractivity contribution < 1.29 is 4.74 Å². The van der Waals surface area contributed by atoms with Gasteiger partial charge in [0.1, 0.15) is 11.4 Å². The Morgan fingerprint density at radius 3 is 2.62 bits per heavy atom. The van der Waals surface area contributed by atoms with Crippen molar-refractivity contribution in [3.63, 3.8) is 0 Å². The van der Waals surface area contributed by atoms with Gasteiger partial charge in [-0.2, -0.15) is 0 Å². The van der Waals surface area contributed by atoms with Crippen molar-refractivity contribution in [2.45, 2.75) is 97.5 Å². The summed E-state index contributed by atoms with van der Waals surface area (Å²) < 4.78 is 6.52. The lowest BCUT2D eigenvalue weighted by molar-refractivity contribution is 0.141. The fourth-order valence-corrected chi connectivity index (χ4v) is 4.48. The first-order chi connectivity index (χ1) is 12.2. The number of hydrogen-bond acceptors (Lipinski definition) is 1. The van der Waals surface area contributed by atoms with Gasteiger partial charge in [0.15, 0.2) is 0 Å². The van der Waals surface area contributed by atoms with E-state index in [1.807, 2.05) is 0 Å². The summed E-state index contributed by atoms with van der Waals surface area (Å²) in [6.07, 6.45) is 11.0. The van der Waals surface area contributed by atoms with Crippen molar-refractivity contribution in [3.05, 3.63) is 46.5 Å². The van der Waals surface area contributed by atoms with Crippen LogP contribution in [0.5, 0.6) is 5.75 Å². The van der Waals surface area contributed by atoms with E-state index in [-0.39, 0.29) is 11.0 Å². The summed E-state index contributed by atoms with van der Waals surface area (Å²) in [6, 6.07) is 6.99. The minimum Gasteiger partial charge on any atom is -0.483 e. The number of benzene rings is 1. The topological polar surface area (TPSA) is 9.23 Å². The molecule has 1 aliphatic carbocycles. The van der Waals surface area contributed by atoms with Gasteiger partial charge in [-0.05, 0) is 68.2 Å². The minimum atomic E-state index is -0.205. The molecule has 0 spiro atoms. The average Bonchev–Trinajstić information content (AvgIpc) is 2.57. The van der Waals surface area contributed by atoms with Crippen LogP contribution in [0.3, 0.4) is 0 Å². The van der Waals surface area contributed by atoms with Gasteiger partial charge in [-0.1, -0.05) is 70.2 Å². The molecule has 0 bridgehead atoms. The van der Waals surface area contributed by atoms with Crippen LogP contribution in [0.2, 0.25) is 0 Å². The Morgan fingerprint density at radius 2 is 1.88 bits per heavy atom. The molecule has 1 nitrogen and oxygen atoms in total. The molecule has 1 heteroatoms. The van der Waals surface area contributed by atoms with Crippen LogP contribution < -0.4 is 4.74 Å². The van der Waals surface area contributed by atoms with E-state index in [1.165, 1.54) is 60.0 Å². The summed E-state index contributed by atoms with van der Waals surface area (Å²) in [6.45, 7) is 13.7. The predicted molar refractivity (Wildman–Crippen MR) is 113 cm³/mol. The van der Waals surface area contributed by atoms with Crippen LogP contribution in [0.25, 0.3) is 5.57 Å². The quantitative estimate of drug-likeness (QED) is 0.378. The number of ether oxygens (including phenoxy) is 1. The molecule has 1 aromatic carbocycles. The molecule has 0 amide bonds. The van der Waals surface area contributed by atoms with Gasteiger partial charge in [0, 0.05) is 5.56 Å². The zero-order valence-corrected chi connectivity index (χ0v) is 17.7. The lowest BCUT2D eigenvalue weighted by Crippen LogP contribution is -2.35. The zero-order chi connectivity index (χ0) is 18.9. The Kier molecular flexibility index (Phi) is 5.37. The number of hydrogen-bond donors (Lipinski definition) is 0. The molecule has 0 aromatic heterocycles. The van der Waals surface area contributed by atoms with E-state index >= 15 is 0 Å². The van der Waals surface area contributed by atoms with Gasteiger partial charge in [0.2, 0.25) is 0 Å². The summed E-state index contributed by atoms with van der Waals surface area (Å²) in [5, 5.41) is 0. The smallest absolute Gasteiger partial charge is 0.128 e. The molecule has 0 unspecified atom stereocenters. The second kappa shape index (κ2) is 7.25. The maximum atomic E-state index is 6.52. The molecule has 1 aliphatic heterocycles. The van der Waals surface area contributed by atoms with Crippen LogP contribution in [0.4, 0.5) is 0 Å². The van der Waals surface area contributed by atoms with Crippen LogP contribution in [0.1, 0.15) is 97.6 Å². The Hall–Kier alpha value is -1.50. The number of unbranched alkanes of at least 4 members (excludes halogenated alkanes) is 3. The van der Waals surface area contributed by atoms with Crippen molar-refractivity contribution in [2.24, 2.45) is 0 Å². The van der Waals surface area contributed by atoms with Crippen molar-refractivity contribution in [3.8, 4) is 5.75 Å². The molecule has 1 heterocycles. The van der Waals surface area contributed by atoms with E-state index in [9.17, 15) is 0 Å². The van der Waals surface area contributed by atoms with E-state index < -0.39 is 0 Å². The van der Waals surface area contributed by atoms with Gasteiger partial charge in [0.05, 0.1) is 0 Å². The minimum absolute atomic E-state index is 0.202. The van der Waals surface area contributed by atoms with Crippen molar-refractivity contribution >= 4 is 5.57 Å². The Labute approximate surface area is 160 Å². The molecular weight excluding hydrogens is 316 g/mol. The lowest BCUT2D eigenvalue weighted by Gasteiger charge is -2.39. The van der Waals surface area contributed by atoms with Crippen LogP contribution in [-0.2, 0) is 5.41 Å². The SMILES string of the molecule is CCCCCCC(C)(C)c1ccc2c(c1)OC(C)(C)C1=C2CC(C)=CC1. The summed E-state index contributed by atoms with van der Waals surface area (Å²) in [5.74, 6) is 1.09. The third-order valence-electron chi connectivity index (χ3n) is 6.31. The van der Waals surface area contributed by atoms with E-state index in [0.717, 1.165) is 18.6 Å². The third kappa shape index (κ3) is 3.77. The maximum absolute atomic E-state index is 6.52. The van der Waals surface area contributed by atoms with E-state index in [2.05, 4.69) is 65.8 Å². The van der Waals surface area contributed by atoms with Gasteiger partial charge in [-0.25, -0.2) is 0 Å². The monoisotopic (exact) mass is 352 g/mol. The molecule has 0 atom stereocenters. The van der Waals surface area contributed by atoms with Gasteiger partial charge >= 0.3 is 0 Å². The second-order valence-corrected chi connectivity index (χ2v) is 9.41. The predicted octanol–water partition coefficient (Wildman–Crippen LogP) is 7.60. The molecule has 0 fully saturated rings. The first-order valence-electron chi connectivity index (χ1n) is 10.5. The maximum Gasteiger partial charge on any atom is 0.128 e. The second-order valence-electron chi connectivity index (χ2n) is 9.41. The highest BCUT2D eigenvalue weighted by molar-refractivity contribution is 5.79. The van der Waals surface area contributed by atoms with E-state index in [0.29, 0.717) is 0 Å². The molecule has 3 rings (SSSR count). The van der Waals surface area contributed by atoms with Crippen LogP contribution >= 0.6 is 0 Å². The fraction of sp³-hybridized carbons (Fsp3) is 0.600. The molecular formula is C25H36O. The average molecular weight is 353 g/mol. The molecule has 1 aromatic rings. The number of rotatable bonds is 6. The first-order valence-corrected chi connectivity index (χ1v) is 10.5. The molecule has 0 saturated carbocycles. The van der Waals surface area contributed by atoms with E-state index in [1.54, 1.807) is 0 Å². The summed E-state index contributed by atoms with van der Waals surface area (Å²) in [5.41, 5.74) is 7.17. The Balaban J connectivity index is 1.89. The third-order valence-corrected chi connectivity index (χ3v) is 6.31. The molecule has 142 valence electrons. The zero-order valence-electron chi connectivity index (χ0n) is 17.7. The van der Waals surface area contributed by atoms with Crippen molar-refractivity contribution in [1.29, 1.82) is 0 Å². The van der Waals surface area contributed by atoms with Gasteiger partial charge in [-0.3, -0.25) is 0 Å². The lowest BCUT2D eigenvalue weighted by atomic mass is 9.76. The van der Waals surface area contributed by atoms with Gasteiger partial charge < -0.3 is 4.74 Å². The largest absolute Gasteiger partial charge is 0.483 e. The highest BCUT2D eigenvalue weighted by Gasteiger charge is 2.36. The van der Waals surface area contributed by atoms with Crippen LogP contribution in [-0.4, -0.2) is 5.60 Å². The summed E-state index contributed by atoms with van der Waals surface area (Å²) in [7, 11) is 0. The highest BCUT2D eigenvalue weighted by Crippen LogP contribution is 2.48. The molecule has 26 heavy (non-hydrogen) atoms. The number of fused-ring (bicyclic) bond motifs is 2. The fourth-order valence-electron chi connectivity index (χ4n) is 4.48. The van der Waals surface area contributed by atoms with Crippen molar-refractivity contribution in [2.75, 3.05) is 0 Å². The first kappa shape index (κ1) is 19.3. The summed E-state index contributed by atoms with van der Waals surface area (Å²) in [4.78, 5) is 0. The van der Waals surface area contributed by atoms with Crippen molar-refractivity contribution in [1.82, 2.24) is 0 Å². The van der Waals surface area contributed by atoms with E-state index in [4.69, 9.17) is 4.74 Å². The Bertz CT molecular complexity index is 731. The molecule has 0 N–H and O–H groups in total. The highest BCUT2D eigenvalue weighted by atomic mass is 16.5. The molecule has 2 aliphatic rings. The molecule has 0 saturated heterocycles. The Morgan fingerprint density at radius 1 is 1.12 bits per heavy atom.